The third-order valence-corrected chi connectivity index (χ3v) is 4.66. The monoisotopic (exact) mass is 309 g/mol. The van der Waals surface area contributed by atoms with Crippen molar-refractivity contribution in [2.75, 3.05) is 20.3 Å². The van der Waals surface area contributed by atoms with Crippen LogP contribution in [0.25, 0.3) is 0 Å². The number of hydrogen-bond acceptors (Lipinski definition) is 6. The molecular formula is C16H27N3O3. The standard InChI is InChI=1S/C16H27N3O3/c1-11(2)8-15-17-16(22-18-15)10-19-6-7-21-14-5-4-12(20-3)9-13(14)19/h11-14H,4-10H2,1-3H3. The Morgan fingerprint density at radius 1 is 1.36 bits per heavy atom. The summed E-state index contributed by atoms with van der Waals surface area (Å²) in [4.78, 5) is 6.95. The number of methoxy groups -OCH3 is 1. The molecule has 0 spiro atoms. The van der Waals surface area contributed by atoms with Crippen LogP contribution in [0, 0.1) is 5.92 Å². The average Bonchev–Trinajstić information content (AvgIpc) is 2.93. The number of nitrogens with zero attached hydrogens (tertiary/aromatic N) is 3. The second-order valence-electron chi connectivity index (χ2n) is 6.82. The van der Waals surface area contributed by atoms with Crippen LogP contribution in [0.4, 0.5) is 0 Å². The van der Waals surface area contributed by atoms with Gasteiger partial charge in [0, 0.05) is 26.1 Å². The fourth-order valence-electron chi connectivity index (χ4n) is 3.53. The number of fused-ring (bicyclic) bond motifs is 1. The molecule has 3 rings (SSSR count). The Hall–Kier alpha value is -0.980. The molecule has 1 aromatic heterocycles. The van der Waals surface area contributed by atoms with Gasteiger partial charge < -0.3 is 14.0 Å². The van der Waals surface area contributed by atoms with E-state index in [1.807, 2.05) is 0 Å². The molecule has 2 fully saturated rings. The van der Waals surface area contributed by atoms with E-state index in [1.165, 1.54) is 0 Å². The summed E-state index contributed by atoms with van der Waals surface area (Å²) in [7, 11) is 1.80. The lowest BCUT2D eigenvalue weighted by Crippen LogP contribution is -2.54. The van der Waals surface area contributed by atoms with Crippen molar-refractivity contribution in [1.82, 2.24) is 15.0 Å². The van der Waals surface area contributed by atoms with Crippen molar-refractivity contribution in [2.24, 2.45) is 5.92 Å². The van der Waals surface area contributed by atoms with Crippen LogP contribution in [-0.2, 0) is 22.4 Å². The molecule has 0 amide bonds. The molecule has 1 aromatic rings. The average molecular weight is 309 g/mol. The first-order valence-corrected chi connectivity index (χ1v) is 8.35. The first kappa shape index (κ1) is 15.9. The summed E-state index contributed by atoms with van der Waals surface area (Å²) in [6.45, 7) is 6.74. The number of rotatable bonds is 5. The largest absolute Gasteiger partial charge is 0.381 e. The van der Waals surface area contributed by atoms with Gasteiger partial charge in [-0.3, -0.25) is 4.90 Å². The lowest BCUT2D eigenvalue weighted by Gasteiger charge is -2.45. The SMILES string of the molecule is COC1CCC2OCCN(Cc3nc(CC(C)C)no3)C2C1. The van der Waals surface area contributed by atoms with Crippen molar-refractivity contribution in [3.63, 3.8) is 0 Å². The summed E-state index contributed by atoms with van der Waals surface area (Å²) in [5.74, 6) is 2.07. The van der Waals surface area contributed by atoms with E-state index in [1.54, 1.807) is 7.11 Å². The van der Waals surface area contributed by atoms with Crippen LogP contribution in [0.5, 0.6) is 0 Å². The minimum Gasteiger partial charge on any atom is -0.381 e. The van der Waals surface area contributed by atoms with Crippen LogP contribution in [-0.4, -0.2) is 53.6 Å². The summed E-state index contributed by atoms with van der Waals surface area (Å²) in [5, 5.41) is 4.09. The topological polar surface area (TPSA) is 60.6 Å². The zero-order chi connectivity index (χ0) is 15.5. The van der Waals surface area contributed by atoms with Crippen molar-refractivity contribution in [2.45, 2.75) is 64.3 Å². The van der Waals surface area contributed by atoms with E-state index in [4.69, 9.17) is 14.0 Å². The van der Waals surface area contributed by atoms with E-state index in [0.717, 1.165) is 50.6 Å². The minimum absolute atomic E-state index is 0.318. The number of morpholine rings is 1. The highest BCUT2D eigenvalue weighted by Crippen LogP contribution is 2.30. The maximum atomic E-state index is 5.94. The van der Waals surface area contributed by atoms with E-state index in [0.29, 0.717) is 30.7 Å². The highest BCUT2D eigenvalue weighted by atomic mass is 16.5. The Morgan fingerprint density at radius 3 is 3.00 bits per heavy atom. The molecule has 0 bridgehead atoms. The summed E-state index contributed by atoms with van der Waals surface area (Å²) >= 11 is 0. The Labute approximate surface area is 132 Å². The van der Waals surface area contributed by atoms with Crippen LogP contribution >= 0.6 is 0 Å². The van der Waals surface area contributed by atoms with Gasteiger partial charge in [0.1, 0.15) is 0 Å². The van der Waals surface area contributed by atoms with E-state index >= 15 is 0 Å². The molecule has 124 valence electrons. The second kappa shape index (κ2) is 7.06. The number of hydrogen-bond donors (Lipinski definition) is 0. The highest BCUT2D eigenvalue weighted by Gasteiger charge is 2.38. The molecule has 22 heavy (non-hydrogen) atoms. The fraction of sp³-hybridized carbons (Fsp3) is 0.875. The molecule has 2 heterocycles. The maximum Gasteiger partial charge on any atom is 0.240 e. The van der Waals surface area contributed by atoms with Gasteiger partial charge in [-0.2, -0.15) is 4.98 Å². The Bertz CT molecular complexity index is 477. The third kappa shape index (κ3) is 3.67. The quantitative estimate of drug-likeness (QED) is 0.829. The summed E-state index contributed by atoms with van der Waals surface area (Å²) in [6.07, 6.45) is 4.70. The van der Waals surface area contributed by atoms with Gasteiger partial charge in [0.2, 0.25) is 5.89 Å². The lowest BCUT2D eigenvalue weighted by molar-refractivity contribution is -0.117. The van der Waals surface area contributed by atoms with Crippen molar-refractivity contribution in [3.05, 3.63) is 11.7 Å². The molecule has 1 aliphatic heterocycles. The molecule has 6 nitrogen and oxygen atoms in total. The van der Waals surface area contributed by atoms with Crippen molar-refractivity contribution in [1.29, 1.82) is 0 Å². The lowest BCUT2D eigenvalue weighted by atomic mass is 9.88. The number of ether oxygens (including phenoxy) is 2. The van der Waals surface area contributed by atoms with E-state index < -0.39 is 0 Å². The molecular weight excluding hydrogens is 282 g/mol. The number of aromatic nitrogens is 2. The molecule has 0 radical (unpaired) electrons. The van der Waals surface area contributed by atoms with Crippen LogP contribution in [0.15, 0.2) is 4.52 Å². The van der Waals surface area contributed by atoms with Crippen LogP contribution in [0.2, 0.25) is 0 Å². The summed E-state index contributed by atoms with van der Waals surface area (Å²) in [5.41, 5.74) is 0. The van der Waals surface area contributed by atoms with Crippen LogP contribution in [0.1, 0.15) is 44.8 Å². The molecule has 3 unspecified atom stereocenters. The van der Waals surface area contributed by atoms with E-state index in [-0.39, 0.29) is 0 Å². The third-order valence-electron chi connectivity index (χ3n) is 4.66. The van der Waals surface area contributed by atoms with Gasteiger partial charge in [0.15, 0.2) is 5.82 Å². The molecule has 3 atom stereocenters. The Kier molecular flexibility index (Phi) is 5.10. The first-order chi connectivity index (χ1) is 10.7. The highest BCUT2D eigenvalue weighted by molar-refractivity contribution is 4.94. The summed E-state index contributed by atoms with van der Waals surface area (Å²) in [6, 6.07) is 0.396. The second-order valence-corrected chi connectivity index (χ2v) is 6.82. The molecule has 1 aliphatic carbocycles. The zero-order valence-electron chi connectivity index (χ0n) is 13.8. The van der Waals surface area contributed by atoms with E-state index in [9.17, 15) is 0 Å². The normalized spacial score (nSPS) is 29.7. The molecule has 2 aliphatic rings. The van der Waals surface area contributed by atoms with Crippen LogP contribution < -0.4 is 0 Å². The molecule has 0 N–H and O–H groups in total. The van der Waals surface area contributed by atoms with Gasteiger partial charge in [-0.15, -0.1) is 0 Å². The molecule has 6 heteroatoms. The van der Waals surface area contributed by atoms with Gasteiger partial charge in [-0.25, -0.2) is 0 Å². The maximum absolute atomic E-state index is 5.94. The van der Waals surface area contributed by atoms with Crippen molar-refractivity contribution >= 4 is 0 Å². The Morgan fingerprint density at radius 2 is 2.23 bits per heavy atom. The predicted molar refractivity (Wildman–Crippen MR) is 81.4 cm³/mol. The van der Waals surface area contributed by atoms with Crippen molar-refractivity contribution in [3.8, 4) is 0 Å². The fourth-order valence-corrected chi connectivity index (χ4v) is 3.53. The molecule has 1 saturated heterocycles. The smallest absolute Gasteiger partial charge is 0.240 e. The van der Waals surface area contributed by atoms with Gasteiger partial charge >= 0.3 is 0 Å². The molecule has 0 aromatic carbocycles. The van der Waals surface area contributed by atoms with Gasteiger partial charge in [0.05, 0.1) is 25.4 Å². The first-order valence-electron chi connectivity index (χ1n) is 8.35. The van der Waals surface area contributed by atoms with Gasteiger partial charge in [-0.05, 0) is 25.2 Å². The van der Waals surface area contributed by atoms with Gasteiger partial charge in [-0.1, -0.05) is 19.0 Å². The predicted octanol–water partition coefficient (Wildman–Crippen LogP) is 2.04. The van der Waals surface area contributed by atoms with Crippen molar-refractivity contribution < 1.29 is 14.0 Å². The minimum atomic E-state index is 0.318. The van der Waals surface area contributed by atoms with Gasteiger partial charge in [0.25, 0.3) is 0 Å². The van der Waals surface area contributed by atoms with E-state index in [2.05, 4.69) is 28.9 Å². The van der Waals surface area contributed by atoms with Crippen LogP contribution in [0.3, 0.4) is 0 Å². The Balaban J connectivity index is 1.64. The summed E-state index contributed by atoms with van der Waals surface area (Å²) < 4.78 is 16.9. The zero-order valence-corrected chi connectivity index (χ0v) is 13.8. The molecule has 1 saturated carbocycles.